The van der Waals surface area contributed by atoms with Crippen molar-refractivity contribution in [1.29, 1.82) is 0 Å². The van der Waals surface area contributed by atoms with E-state index >= 15 is 0 Å². The highest BCUT2D eigenvalue weighted by molar-refractivity contribution is 6.42. The number of anilines is 1. The van der Waals surface area contributed by atoms with Gasteiger partial charge in [0.2, 0.25) is 5.78 Å². The summed E-state index contributed by atoms with van der Waals surface area (Å²) in [5, 5.41) is 7.86. The summed E-state index contributed by atoms with van der Waals surface area (Å²) in [5.74, 6) is -0.407. The van der Waals surface area contributed by atoms with Gasteiger partial charge in [0.15, 0.2) is 0 Å². The van der Waals surface area contributed by atoms with Crippen molar-refractivity contribution in [2.75, 3.05) is 12.4 Å². The SMILES string of the molecule is CCCC(NC(C)(C)C)C(=O)C(=O)Nc1cc(OC)c2ccccc2c1. The van der Waals surface area contributed by atoms with Crippen LogP contribution < -0.4 is 15.4 Å². The zero-order valence-electron chi connectivity index (χ0n) is 16.2. The molecule has 0 saturated carbocycles. The van der Waals surface area contributed by atoms with Crippen molar-refractivity contribution in [3.05, 3.63) is 36.4 Å². The van der Waals surface area contributed by atoms with E-state index in [1.165, 1.54) is 0 Å². The van der Waals surface area contributed by atoms with Crippen LogP contribution in [-0.2, 0) is 9.59 Å². The summed E-state index contributed by atoms with van der Waals surface area (Å²) in [6.07, 6.45) is 1.43. The quantitative estimate of drug-likeness (QED) is 0.738. The zero-order valence-corrected chi connectivity index (χ0v) is 16.2. The van der Waals surface area contributed by atoms with Crippen LogP contribution in [-0.4, -0.2) is 30.4 Å². The molecule has 0 spiro atoms. The van der Waals surface area contributed by atoms with Crippen molar-refractivity contribution in [2.24, 2.45) is 0 Å². The van der Waals surface area contributed by atoms with E-state index in [1.54, 1.807) is 13.2 Å². The van der Waals surface area contributed by atoms with E-state index in [1.807, 2.05) is 58.0 Å². The van der Waals surface area contributed by atoms with Crippen LogP contribution in [0.15, 0.2) is 36.4 Å². The lowest BCUT2D eigenvalue weighted by molar-refractivity contribution is -0.136. The van der Waals surface area contributed by atoms with E-state index in [0.717, 1.165) is 17.2 Å². The highest BCUT2D eigenvalue weighted by Gasteiger charge is 2.28. The van der Waals surface area contributed by atoms with Crippen LogP contribution in [0.25, 0.3) is 10.8 Å². The Labute approximate surface area is 155 Å². The number of methoxy groups -OCH3 is 1. The predicted molar refractivity (Wildman–Crippen MR) is 106 cm³/mol. The molecule has 0 saturated heterocycles. The number of ether oxygens (including phenoxy) is 1. The molecule has 0 aliphatic rings. The van der Waals surface area contributed by atoms with Gasteiger partial charge >= 0.3 is 0 Å². The first-order valence-electron chi connectivity index (χ1n) is 8.95. The summed E-state index contributed by atoms with van der Waals surface area (Å²) < 4.78 is 5.41. The molecule has 0 aromatic heterocycles. The molecule has 2 aromatic carbocycles. The maximum atomic E-state index is 12.6. The third-order valence-corrected chi connectivity index (χ3v) is 4.03. The van der Waals surface area contributed by atoms with E-state index in [0.29, 0.717) is 17.9 Å². The minimum absolute atomic E-state index is 0.248. The molecule has 2 rings (SSSR count). The molecule has 0 aliphatic carbocycles. The van der Waals surface area contributed by atoms with Crippen LogP contribution in [0.2, 0.25) is 0 Å². The molecule has 0 bridgehead atoms. The standard InChI is InChI=1S/C21H28N2O3/c1-6-9-17(23-21(2,3)4)19(24)20(25)22-15-12-14-10-7-8-11-16(14)18(13-15)26-5/h7-8,10-13,17,23H,6,9H2,1-5H3,(H,22,25). The van der Waals surface area contributed by atoms with Gasteiger partial charge in [-0.1, -0.05) is 37.6 Å². The molecule has 2 N–H and O–H groups in total. The Bertz CT molecular complexity index is 793. The Hall–Kier alpha value is -2.40. The molecule has 140 valence electrons. The van der Waals surface area contributed by atoms with E-state index in [4.69, 9.17) is 4.74 Å². The van der Waals surface area contributed by atoms with Gasteiger partial charge in [0, 0.05) is 22.7 Å². The van der Waals surface area contributed by atoms with Gasteiger partial charge in [-0.05, 0) is 38.6 Å². The molecule has 0 fully saturated rings. The van der Waals surface area contributed by atoms with E-state index in [-0.39, 0.29) is 5.54 Å². The van der Waals surface area contributed by atoms with E-state index < -0.39 is 17.7 Å². The van der Waals surface area contributed by atoms with Gasteiger partial charge in [-0.3, -0.25) is 9.59 Å². The minimum atomic E-state index is -0.613. The Balaban J connectivity index is 2.22. The predicted octanol–water partition coefficient (Wildman–Crippen LogP) is 3.91. The average molecular weight is 356 g/mol. The van der Waals surface area contributed by atoms with Gasteiger partial charge in [-0.15, -0.1) is 0 Å². The summed E-state index contributed by atoms with van der Waals surface area (Å²) in [7, 11) is 1.59. The Morgan fingerprint density at radius 3 is 2.46 bits per heavy atom. The van der Waals surface area contributed by atoms with Crippen molar-refractivity contribution in [3.63, 3.8) is 0 Å². The maximum absolute atomic E-state index is 12.6. The largest absolute Gasteiger partial charge is 0.496 e. The van der Waals surface area contributed by atoms with Gasteiger partial charge in [-0.25, -0.2) is 0 Å². The Kier molecular flexibility index (Phi) is 6.37. The number of amides is 1. The summed E-state index contributed by atoms with van der Waals surface area (Å²) in [6.45, 7) is 7.94. The number of rotatable bonds is 7. The van der Waals surface area contributed by atoms with Crippen molar-refractivity contribution >= 4 is 28.2 Å². The third-order valence-electron chi connectivity index (χ3n) is 4.03. The van der Waals surface area contributed by atoms with Crippen LogP contribution >= 0.6 is 0 Å². The van der Waals surface area contributed by atoms with Gasteiger partial charge in [0.05, 0.1) is 13.2 Å². The normalized spacial score (nSPS) is 12.7. The lowest BCUT2D eigenvalue weighted by Gasteiger charge is -2.27. The summed E-state index contributed by atoms with van der Waals surface area (Å²) >= 11 is 0. The third kappa shape index (κ3) is 5.05. The summed E-state index contributed by atoms with van der Waals surface area (Å²) in [5.41, 5.74) is 0.298. The average Bonchev–Trinajstić information content (AvgIpc) is 2.58. The molecular weight excluding hydrogens is 328 g/mol. The fourth-order valence-electron chi connectivity index (χ4n) is 2.95. The number of nitrogens with one attached hydrogen (secondary N) is 2. The van der Waals surface area contributed by atoms with Crippen LogP contribution in [0.5, 0.6) is 5.75 Å². The number of carbonyl (C=O) groups excluding carboxylic acids is 2. The van der Waals surface area contributed by atoms with Crippen molar-refractivity contribution in [3.8, 4) is 5.75 Å². The van der Waals surface area contributed by atoms with Gasteiger partial charge in [-0.2, -0.15) is 0 Å². The van der Waals surface area contributed by atoms with Crippen LogP contribution in [0.1, 0.15) is 40.5 Å². The number of benzene rings is 2. The van der Waals surface area contributed by atoms with Gasteiger partial charge < -0.3 is 15.4 Å². The van der Waals surface area contributed by atoms with Crippen LogP contribution in [0.4, 0.5) is 5.69 Å². The first-order chi connectivity index (χ1) is 12.2. The second-order valence-corrected chi connectivity index (χ2v) is 7.45. The molecule has 0 aliphatic heterocycles. The van der Waals surface area contributed by atoms with Crippen LogP contribution in [0.3, 0.4) is 0 Å². The fraction of sp³-hybridized carbons (Fsp3) is 0.429. The number of hydrogen-bond donors (Lipinski definition) is 2. The van der Waals surface area contributed by atoms with Crippen LogP contribution in [0, 0.1) is 0 Å². The molecular formula is C21H28N2O3. The first-order valence-corrected chi connectivity index (χ1v) is 8.95. The topological polar surface area (TPSA) is 67.4 Å². The Morgan fingerprint density at radius 1 is 1.15 bits per heavy atom. The van der Waals surface area contributed by atoms with Crippen molar-refractivity contribution < 1.29 is 14.3 Å². The molecule has 0 heterocycles. The fourth-order valence-corrected chi connectivity index (χ4v) is 2.95. The number of ketones is 1. The Morgan fingerprint density at radius 2 is 1.85 bits per heavy atom. The number of fused-ring (bicyclic) bond motifs is 1. The highest BCUT2D eigenvalue weighted by atomic mass is 16.5. The van der Waals surface area contributed by atoms with E-state index in [2.05, 4.69) is 10.6 Å². The summed E-state index contributed by atoms with van der Waals surface area (Å²) in [6, 6.07) is 10.8. The molecule has 0 radical (unpaired) electrons. The number of Topliss-reactive ketones (excluding diaryl/α,β-unsaturated/α-hetero) is 1. The van der Waals surface area contributed by atoms with Gasteiger partial charge in [0.25, 0.3) is 5.91 Å². The summed E-state index contributed by atoms with van der Waals surface area (Å²) in [4.78, 5) is 25.1. The molecule has 1 amide bonds. The first kappa shape index (κ1) is 19.9. The number of carbonyl (C=O) groups is 2. The lowest BCUT2D eigenvalue weighted by atomic mass is 10.0. The molecule has 5 heteroatoms. The molecule has 5 nitrogen and oxygen atoms in total. The molecule has 26 heavy (non-hydrogen) atoms. The van der Waals surface area contributed by atoms with Crippen molar-refractivity contribution in [1.82, 2.24) is 5.32 Å². The molecule has 2 aromatic rings. The van der Waals surface area contributed by atoms with Gasteiger partial charge in [0.1, 0.15) is 5.75 Å². The minimum Gasteiger partial charge on any atom is -0.496 e. The van der Waals surface area contributed by atoms with Crippen molar-refractivity contribution in [2.45, 2.75) is 52.1 Å². The smallest absolute Gasteiger partial charge is 0.293 e. The van der Waals surface area contributed by atoms with E-state index in [9.17, 15) is 9.59 Å². The molecule has 1 unspecified atom stereocenters. The lowest BCUT2D eigenvalue weighted by Crippen LogP contribution is -2.50. The molecule has 1 atom stereocenters. The second kappa shape index (κ2) is 8.32. The highest BCUT2D eigenvalue weighted by Crippen LogP contribution is 2.29. The number of hydrogen-bond acceptors (Lipinski definition) is 4. The second-order valence-electron chi connectivity index (χ2n) is 7.45. The zero-order chi connectivity index (χ0) is 19.3. The monoisotopic (exact) mass is 356 g/mol. The maximum Gasteiger partial charge on any atom is 0.293 e.